The fourth-order valence-electron chi connectivity index (χ4n) is 1.95. The maximum atomic E-state index is 11.6. The van der Waals surface area contributed by atoms with E-state index in [2.05, 4.69) is 10.2 Å². The van der Waals surface area contributed by atoms with Gasteiger partial charge in [0.15, 0.2) is 5.82 Å². The summed E-state index contributed by atoms with van der Waals surface area (Å²) in [7, 11) is 2.98. The summed E-state index contributed by atoms with van der Waals surface area (Å²) in [5.74, 6) is 0.453. The molecular weight excluding hydrogens is 314 g/mol. The van der Waals surface area contributed by atoms with Gasteiger partial charge in [-0.2, -0.15) is 0 Å². The minimum Gasteiger partial charge on any atom is -0.383 e. The van der Waals surface area contributed by atoms with Crippen LogP contribution in [-0.2, 0) is 20.3 Å². The molecule has 21 heavy (non-hydrogen) atoms. The third-order valence-corrected chi connectivity index (χ3v) is 4.37. The Balaban J connectivity index is 2.57. The van der Waals surface area contributed by atoms with E-state index in [1.165, 1.54) is 11.7 Å². The van der Waals surface area contributed by atoms with Crippen molar-refractivity contribution < 1.29 is 13.2 Å². The maximum absolute atomic E-state index is 11.6. The van der Waals surface area contributed by atoms with Gasteiger partial charge >= 0.3 is 0 Å². The van der Waals surface area contributed by atoms with Gasteiger partial charge in [0.25, 0.3) is 14.2 Å². The van der Waals surface area contributed by atoms with Crippen molar-refractivity contribution >= 4 is 19.7 Å². The standard InChI is InChI=1S/C13H16ClN3O3S/c1-9-4-5-11(8-10(9)2)12-15-16-13(21(14,18)19)17(12)6-7-20-3/h4-5,8H,6-7H2,1-3H3. The molecule has 1 heterocycles. The molecule has 0 saturated carbocycles. The average Bonchev–Trinajstić information content (AvgIpc) is 2.83. The zero-order chi connectivity index (χ0) is 15.6. The Morgan fingerprint density at radius 2 is 1.95 bits per heavy atom. The highest BCUT2D eigenvalue weighted by Gasteiger charge is 2.23. The Bertz CT molecular complexity index is 756. The van der Waals surface area contributed by atoms with Crippen molar-refractivity contribution in [3.8, 4) is 11.4 Å². The van der Waals surface area contributed by atoms with Gasteiger partial charge in [0, 0.05) is 23.4 Å². The highest BCUT2D eigenvalue weighted by Crippen LogP contribution is 2.24. The molecule has 0 unspecified atom stereocenters. The second-order valence-electron chi connectivity index (χ2n) is 4.69. The lowest BCUT2D eigenvalue weighted by atomic mass is 10.1. The molecule has 0 radical (unpaired) electrons. The van der Waals surface area contributed by atoms with Crippen LogP contribution >= 0.6 is 10.7 Å². The third-order valence-electron chi connectivity index (χ3n) is 3.22. The van der Waals surface area contributed by atoms with Gasteiger partial charge in [-0.15, -0.1) is 10.2 Å². The quantitative estimate of drug-likeness (QED) is 0.786. The van der Waals surface area contributed by atoms with Crippen molar-refractivity contribution in [2.45, 2.75) is 25.5 Å². The third kappa shape index (κ3) is 3.42. The van der Waals surface area contributed by atoms with Crippen LogP contribution in [0.5, 0.6) is 0 Å². The number of hydrogen-bond acceptors (Lipinski definition) is 5. The predicted octanol–water partition coefficient (Wildman–Crippen LogP) is 2.14. The van der Waals surface area contributed by atoms with Crippen LogP contribution in [0.1, 0.15) is 11.1 Å². The van der Waals surface area contributed by atoms with Crippen LogP contribution in [-0.4, -0.2) is 36.9 Å². The number of ether oxygens (including phenoxy) is 1. The maximum Gasteiger partial charge on any atom is 0.296 e. The molecule has 0 aliphatic carbocycles. The molecule has 0 aliphatic rings. The van der Waals surface area contributed by atoms with Crippen LogP contribution in [0.15, 0.2) is 23.4 Å². The molecule has 2 rings (SSSR count). The van der Waals surface area contributed by atoms with Crippen LogP contribution in [0.4, 0.5) is 0 Å². The lowest BCUT2D eigenvalue weighted by Crippen LogP contribution is -2.11. The fraction of sp³-hybridized carbons (Fsp3) is 0.385. The first-order valence-electron chi connectivity index (χ1n) is 6.29. The van der Waals surface area contributed by atoms with Crippen molar-refractivity contribution in [2.24, 2.45) is 0 Å². The summed E-state index contributed by atoms with van der Waals surface area (Å²) >= 11 is 0. The molecule has 0 bridgehead atoms. The molecule has 0 fully saturated rings. The van der Waals surface area contributed by atoms with E-state index < -0.39 is 9.05 Å². The minimum atomic E-state index is -3.96. The number of aryl methyl sites for hydroxylation is 2. The van der Waals surface area contributed by atoms with Crippen LogP contribution in [0.3, 0.4) is 0 Å². The van der Waals surface area contributed by atoms with E-state index in [1.54, 1.807) is 0 Å². The molecule has 114 valence electrons. The molecule has 0 amide bonds. The molecule has 8 heteroatoms. The topological polar surface area (TPSA) is 74.1 Å². The van der Waals surface area contributed by atoms with Crippen LogP contribution in [0.2, 0.25) is 0 Å². The Kier molecular flexibility index (Phi) is 4.65. The molecule has 2 aromatic rings. The smallest absolute Gasteiger partial charge is 0.296 e. The Morgan fingerprint density at radius 3 is 2.52 bits per heavy atom. The normalized spacial score (nSPS) is 11.8. The van der Waals surface area contributed by atoms with Gasteiger partial charge in [-0.05, 0) is 31.0 Å². The van der Waals surface area contributed by atoms with Gasteiger partial charge < -0.3 is 4.74 Å². The van der Waals surface area contributed by atoms with Gasteiger partial charge in [-0.25, -0.2) is 8.42 Å². The number of methoxy groups -OCH3 is 1. The first-order valence-corrected chi connectivity index (χ1v) is 8.60. The zero-order valence-electron chi connectivity index (χ0n) is 12.0. The predicted molar refractivity (Wildman–Crippen MR) is 79.8 cm³/mol. The van der Waals surface area contributed by atoms with Crippen LogP contribution < -0.4 is 0 Å². The largest absolute Gasteiger partial charge is 0.383 e. The fourth-order valence-corrected chi connectivity index (χ4v) is 2.87. The summed E-state index contributed by atoms with van der Waals surface area (Å²) in [6.07, 6.45) is 0. The number of rotatable bonds is 5. The zero-order valence-corrected chi connectivity index (χ0v) is 13.6. The molecule has 0 aliphatic heterocycles. The van der Waals surface area contributed by atoms with E-state index in [0.717, 1.165) is 16.7 Å². The molecule has 0 atom stereocenters. The number of halogens is 1. The average molecular weight is 330 g/mol. The molecule has 1 aromatic heterocycles. The minimum absolute atomic E-state index is 0.269. The SMILES string of the molecule is COCCn1c(-c2ccc(C)c(C)c2)nnc1S(=O)(=O)Cl. The highest BCUT2D eigenvalue weighted by molar-refractivity contribution is 8.13. The van der Waals surface area contributed by atoms with Gasteiger partial charge in [0.1, 0.15) is 0 Å². The summed E-state index contributed by atoms with van der Waals surface area (Å²) in [4.78, 5) is 0. The van der Waals surface area contributed by atoms with Crippen molar-refractivity contribution in [1.82, 2.24) is 14.8 Å². The molecule has 6 nitrogen and oxygen atoms in total. The van der Waals surface area contributed by atoms with Crippen molar-refractivity contribution in [1.29, 1.82) is 0 Å². The second kappa shape index (κ2) is 6.13. The summed E-state index contributed by atoms with van der Waals surface area (Å²) in [5.41, 5.74) is 3.02. The van der Waals surface area contributed by atoms with Gasteiger partial charge in [-0.1, -0.05) is 12.1 Å². The molecule has 0 spiro atoms. The van der Waals surface area contributed by atoms with Gasteiger partial charge in [-0.3, -0.25) is 4.57 Å². The molecule has 1 aromatic carbocycles. The van der Waals surface area contributed by atoms with E-state index in [0.29, 0.717) is 19.0 Å². The number of aromatic nitrogens is 3. The van der Waals surface area contributed by atoms with E-state index in [4.69, 9.17) is 15.4 Å². The monoisotopic (exact) mass is 329 g/mol. The summed E-state index contributed by atoms with van der Waals surface area (Å²) in [6.45, 7) is 4.61. The van der Waals surface area contributed by atoms with Crippen molar-refractivity contribution in [3.05, 3.63) is 29.3 Å². The van der Waals surface area contributed by atoms with E-state index in [1.807, 2.05) is 32.0 Å². The van der Waals surface area contributed by atoms with Crippen molar-refractivity contribution in [2.75, 3.05) is 13.7 Å². The molecular formula is C13H16ClN3O3S. The molecule has 0 saturated heterocycles. The van der Waals surface area contributed by atoms with Crippen molar-refractivity contribution in [3.63, 3.8) is 0 Å². The lowest BCUT2D eigenvalue weighted by molar-refractivity contribution is 0.185. The number of benzene rings is 1. The first kappa shape index (κ1) is 15.9. The van der Waals surface area contributed by atoms with E-state index in [-0.39, 0.29) is 5.16 Å². The Labute approximate surface area is 128 Å². The number of nitrogens with zero attached hydrogens (tertiary/aromatic N) is 3. The Morgan fingerprint density at radius 1 is 1.24 bits per heavy atom. The van der Waals surface area contributed by atoms with E-state index in [9.17, 15) is 8.42 Å². The van der Waals surface area contributed by atoms with Crippen LogP contribution in [0.25, 0.3) is 11.4 Å². The second-order valence-corrected chi connectivity index (χ2v) is 7.15. The number of hydrogen-bond donors (Lipinski definition) is 0. The van der Waals surface area contributed by atoms with Crippen LogP contribution in [0, 0.1) is 13.8 Å². The lowest BCUT2D eigenvalue weighted by Gasteiger charge is -2.09. The first-order chi connectivity index (χ1) is 9.84. The summed E-state index contributed by atoms with van der Waals surface area (Å²) in [5, 5.41) is 7.41. The Hall–Kier alpha value is -1.44. The highest BCUT2D eigenvalue weighted by atomic mass is 35.7. The van der Waals surface area contributed by atoms with Gasteiger partial charge in [0.05, 0.1) is 13.2 Å². The summed E-state index contributed by atoms with van der Waals surface area (Å²) in [6, 6.07) is 5.77. The van der Waals surface area contributed by atoms with Gasteiger partial charge in [0.2, 0.25) is 0 Å². The summed E-state index contributed by atoms with van der Waals surface area (Å²) < 4.78 is 29.6. The van der Waals surface area contributed by atoms with E-state index >= 15 is 0 Å². The molecule has 0 N–H and O–H groups in total.